The van der Waals surface area contributed by atoms with Gasteiger partial charge in [-0.1, -0.05) is 0 Å². The summed E-state index contributed by atoms with van der Waals surface area (Å²) in [6, 6.07) is 3.36. The third-order valence-electron chi connectivity index (χ3n) is 2.89. The van der Waals surface area contributed by atoms with Gasteiger partial charge in [0, 0.05) is 38.9 Å². The molecule has 2 heterocycles. The summed E-state index contributed by atoms with van der Waals surface area (Å²) in [5.74, 6) is 0.432. The average Bonchev–Trinajstić information content (AvgIpc) is 2.46. The van der Waals surface area contributed by atoms with Crippen LogP contribution in [-0.4, -0.2) is 37.9 Å². The number of carbonyl (C=O) groups is 1. The molecule has 1 atom stereocenters. The quantitative estimate of drug-likeness (QED) is 0.832. The van der Waals surface area contributed by atoms with Crippen molar-refractivity contribution in [2.45, 2.75) is 25.6 Å². The molecule has 6 nitrogen and oxygen atoms in total. The van der Waals surface area contributed by atoms with E-state index < -0.39 is 0 Å². The molecule has 0 aromatic carbocycles. The molecule has 2 rings (SSSR count). The molecule has 1 amide bonds. The molecule has 0 radical (unpaired) electrons. The zero-order valence-corrected chi connectivity index (χ0v) is 11.3. The predicted octanol–water partition coefficient (Wildman–Crippen LogP) is 1.34. The first-order valence-electron chi connectivity index (χ1n) is 6.38. The third-order valence-corrected chi connectivity index (χ3v) is 2.89. The molecular weight excluding hydrogens is 246 g/mol. The molecule has 19 heavy (non-hydrogen) atoms. The summed E-state index contributed by atoms with van der Waals surface area (Å²) in [7, 11) is 3.74. The number of aromatic nitrogens is 1. The lowest BCUT2D eigenvalue weighted by molar-refractivity contribution is -0.186. The van der Waals surface area contributed by atoms with E-state index in [2.05, 4.69) is 10.5 Å². The Morgan fingerprint density at radius 3 is 3.05 bits per heavy atom. The van der Waals surface area contributed by atoms with Crippen LogP contribution < -0.4 is 10.4 Å². The van der Waals surface area contributed by atoms with Crippen LogP contribution in [0.5, 0.6) is 0 Å². The van der Waals surface area contributed by atoms with Gasteiger partial charge >= 0.3 is 0 Å². The van der Waals surface area contributed by atoms with Gasteiger partial charge in [0.2, 0.25) is 0 Å². The number of carbonyl (C=O) groups excluding carboxylic acids is 1. The van der Waals surface area contributed by atoms with Crippen LogP contribution in [0, 0.1) is 0 Å². The smallest absolute Gasteiger partial charge is 0.275 e. The van der Waals surface area contributed by atoms with Crippen molar-refractivity contribution in [2.24, 2.45) is 0 Å². The first kappa shape index (κ1) is 13.8. The topological polar surface area (TPSA) is 63.7 Å². The van der Waals surface area contributed by atoms with Crippen molar-refractivity contribution in [2.75, 3.05) is 25.6 Å². The zero-order chi connectivity index (χ0) is 13.7. The summed E-state index contributed by atoms with van der Waals surface area (Å²) in [6.07, 6.45) is 4.17. The maximum atomic E-state index is 11.9. The second-order valence-corrected chi connectivity index (χ2v) is 4.64. The fourth-order valence-corrected chi connectivity index (χ4v) is 1.79. The average molecular weight is 265 g/mol. The van der Waals surface area contributed by atoms with Gasteiger partial charge in [0.25, 0.3) is 5.91 Å². The van der Waals surface area contributed by atoms with Gasteiger partial charge in [-0.3, -0.25) is 4.79 Å². The first-order valence-corrected chi connectivity index (χ1v) is 6.38. The molecule has 6 heteroatoms. The van der Waals surface area contributed by atoms with E-state index in [9.17, 15) is 4.79 Å². The van der Waals surface area contributed by atoms with Gasteiger partial charge in [0.1, 0.15) is 5.82 Å². The van der Waals surface area contributed by atoms with Gasteiger partial charge in [-0.2, -0.15) is 0 Å². The van der Waals surface area contributed by atoms with Crippen molar-refractivity contribution in [1.82, 2.24) is 10.5 Å². The highest BCUT2D eigenvalue weighted by molar-refractivity contribution is 5.94. The summed E-state index contributed by atoms with van der Waals surface area (Å²) in [6.45, 7) is 0.681. The second kappa shape index (κ2) is 6.49. The number of anilines is 1. The molecule has 1 fully saturated rings. The minimum Gasteiger partial charge on any atom is -0.363 e. The van der Waals surface area contributed by atoms with Crippen LogP contribution in [0.25, 0.3) is 0 Å². The molecule has 1 aliphatic heterocycles. The highest BCUT2D eigenvalue weighted by atomic mass is 16.8. The molecule has 1 aromatic heterocycles. The summed E-state index contributed by atoms with van der Waals surface area (Å²) in [4.78, 5) is 23.2. The Hall–Kier alpha value is -1.66. The molecule has 1 aromatic rings. The lowest BCUT2D eigenvalue weighted by Gasteiger charge is -2.22. The van der Waals surface area contributed by atoms with Crippen molar-refractivity contribution in [3.8, 4) is 0 Å². The lowest BCUT2D eigenvalue weighted by Crippen LogP contribution is -2.33. The Labute approximate surface area is 112 Å². The van der Waals surface area contributed by atoms with Gasteiger partial charge in [-0.05, 0) is 25.0 Å². The number of nitrogens with one attached hydrogen (secondary N) is 1. The maximum Gasteiger partial charge on any atom is 0.275 e. The molecule has 0 bridgehead atoms. The summed E-state index contributed by atoms with van der Waals surface area (Å²) < 4.78 is 5.37. The van der Waals surface area contributed by atoms with Crippen molar-refractivity contribution < 1.29 is 14.4 Å². The standard InChI is InChI=1S/C13H19N3O3/c1-16(2)11-9-10(6-7-14-11)13(17)15-19-12-5-3-4-8-18-12/h6-7,9,12H,3-5,8H2,1-2H3,(H,15,17). The van der Waals surface area contributed by atoms with Crippen LogP contribution in [0.1, 0.15) is 29.6 Å². The van der Waals surface area contributed by atoms with E-state index in [0.29, 0.717) is 12.2 Å². The van der Waals surface area contributed by atoms with Gasteiger partial charge in [0.05, 0.1) is 0 Å². The Morgan fingerprint density at radius 2 is 2.37 bits per heavy atom. The number of hydroxylamine groups is 1. The van der Waals surface area contributed by atoms with E-state index in [0.717, 1.165) is 25.1 Å². The van der Waals surface area contributed by atoms with E-state index >= 15 is 0 Å². The Kier molecular flexibility index (Phi) is 4.70. The van der Waals surface area contributed by atoms with Crippen molar-refractivity contribution in [3.05, 3.63) is 23.9 Å². The van der Waals surface area contributed by atoms with Crippen LogP contribution >= 0.6 is 0 Å². The number of hydrogen-bond donors (Lipinski definition) is 1. The number of pyridine rings is 1. The minimum atomic E-state index is -0.340. The molecule has 0 spiro atoms. The molecule has 0 saturated carbocycles. The number of ether oxygens (including phenoxy) is 1. The van der Waals surface area contributed by atoms with Gasteiger partial charge in [0.15, 0.2) is 6.29 Å². The molecule has 104 valence electrons. The molecule has 1 N–H and O–H groups in total. The van der Waals surface area contributed by atoms with Gasteiger partial charge in [-0.15, -0.1) is 0 Å². The monoisotopic (exact) mass is 265 g/mol. The highest BCUT2D eigenvalue weighted by Gasteiger charge is 2.16. The van der Waals surface area contributed by atoms with Crippen LogP contribution in [0.2, 0.25) is 0 Å². The van der Waals surface area contributed by atoms with Crippen molar-refractivity contribution in [1.29, 1.82) is 0 Å². The fraction of sp³-hybridized carbons (Fsp3) is 0.538. The first-order chi connectivity index (χ1) is 9.16. The Bertz CT molecular complexity index is 431. The molecule has 0 aliphatic carbocycles. The summed E-state index contributed by atoms with van der Waals surface area (Å²) in [5, 5.41) is 0. The normalized spacial score (nSPS) is 18.9. The van der Waals surface area contributed by atoms with E-state index in [4.69, 9.17) is 9.57 Å². The number of nitrogens with zero attached hydrogens (tertiary/aromatic N) is 2. The zero-order valence-electron chi connectivity index (χ0n) is 11.3. The van der Waals surface area contributed by atoms with Crippen molar-refractivity contribution in [3.63, 3.8) is 0 Å². The van der Waals surface area contributed by atoms with Crippen LogP contribution in [0.15, 0.2) is 18.3 Å². The molecule has 1 saturated heterocycles. The van der Waals surface area contributed by atoms with E-state index in [1.54, 1.807) is 18.3 Å². The van der Waals surface area contributed by atoms with Gasteiger partial charge in [-0.25, -0.2) is 15.3 Å². The van der Waals surface area contributed by atoms with E-state index in [1.807, 2.05) is 19.0 Å². The van der Waals surface area contributed by atoms with Crippen LogP contribution in [0.4, 0.5) is 5.82 Å². The number of amides is 1. The van der Waals surface area contributed by atoms with E-state index in [1.165, 1.54) is 0 Å². The number of hydrogen-bond acceptors (Lipinski definition) is 5. The SMILES string of the molecule is CN(C)c1cc(C(=O)NOC2CCCCO2)ccn1. The van der Waals surface area contributed by atoms with Crippen molar-refractivity contribution >= 4 is 11.7 Å². The fourth-order valence-electron chi connectivity index (χ4n) is 1.79. The number of rotatable bonds is 4. The van der Waals surface area contributed by atoms with E-state index in [-0.39, 0.29) is 12.2 Å². The largest absolute Gasteiger partial charge is 0.363 e. The Morgan fingerprint density at radius 1 is 1.53 bits per heavy atom. The summed E-state index contributed by atoms with van der Waals surface area (Å²) in [5.41, 5.74) is 2.93. The minimum absolute atomic E-state index is 0.292. The Balaban J connectivity index is 1.90. The lowest BCUT2D eigenvalue weighted by atomic mass is 10.2. The highest BCUT2D eigenvalue weighted by Crippen LogP contribution is 2.13. The van der Waals surface area contributed by atoms with Crippen LogP contribution in [-0.2, 0) is 9.57 Å². The third kappa shape index (κ3) is 3.90. The molecule has 1 aliphatic rings. The predicted molar refractivity (Wildman–Crippen MR) is 70.7 cm³/mol. The van der Waals surface area contributed by atoms with Gasteiger partial charge < -0.3 is 9.64 Å². The molecular formula is C13H19N3O3. The maximum absolute atomic E-state index is 11.9. The van der Waals surface area contributed by atoms with Crippen LogP contribution in [0.3, 0.4) is 0 Å². The second-order valence-electron chi connectivity index (χ2n) is 4.64. The molecule has 1 unspecified atom stereocenters. The summed E-state index contributed by atoms with van der Waals surface area (Å²) >= 11 is 0.